The summed E-state index contributed by atoms with van der Waals surface area (Å²) in [7, 11) is 0. The summed E-state index contributed by atoms with van der Waals surface area (Å²) in [6, 6.07) is 14.0. The number of hydrogen-bond acceptors (Lipinski definition) is 3. The van der Waals surface area contributed by atoms with Gasteiger partial charge < -0.3 is 4.90 Å². The molecule has 6 heteroatoms. The van der Waals surface area contributed by atoms with Crippen LogP contribution in [-0.4, -0.2) is 28.7 Å². The molecule has 0 bridgehead atoms. The molecule has 0 aliphatic carbocycles. The van der Waals surface area contributed by atoms with Crippen molar-refractivity contribution in [1.29, 1.82) is 0 Å². The molecule has 156 valence electrons. The van der Waals surface area contributed by atoms with Gasteiger partial charge in [-0.2, -0.15) is 0 Å². The number of halogens is 1. The van der Waals surface area contributed by atoms with E-state index in [0.29, 0.717) is 30.8 Å². The van der Waals surface area contributed by atoms with Gasteiger partial charge in [-0.15, -0.1) is 0 Å². The first-order chi connectivity index (χ1) is 14.4. The second-order valence-electron chi connectivity index (χ2n) is 8.17. The normalized spacial score (nSPS) is 22.2. The lowest BCUT2D eigenvalue weighted by Gasteiger charge is -2.33. The fourth-order valence-electron chi connectivity index (χ4n) is 4.36. The molecule has 5 nitrogen and oxygen atoms in total. The third-order valence-corrected chi connectivity index (χ3v) is 6.55. The van der Waals surface area contributed by atoms with Crippen molar-refractivity contribution in [2.75, 3.05) is 0 Å². The molecule has 0 aromatic heterocycles. The fourth-order valence-corrected chi connectivity index (χ4v) is 4.72. The molecule has 2 saturated heterocycles. The van der Waals surface area contributed by atoms with Gasteiger partial charge in [0.15, 0.2) is 0 Å². The van der Waals surface area contributed by atoms with Crippen LogP contribution in [0.25, 0.3) is 11.1 Å². The van der Waals surface area contributed by atoms with Crippen molar-refractivity contribution in [1.82, 2.24) is 10.2 Å². The Balaban J connectivity index is 1.55. The first kappa shape index (κ1) is 20.6. The van der Waals surface area contributed by atoms with E-state index >= 15 is 0 Å². The Labute approximate surface area is 181 Å². The smallest absolute Gasteiger partial charge is 0.234 e. The molecule has 2 aromatic carbocycles. The summed E-state index contributed by atoms with van der Waals surface area (Å²) < 4.78 is 0. The van der Waals surface area contributed by atoms with Crippen molar-refractivity contribution >= 4 is 29.3 Å². The number of amides is 3. The van der Waals surface area contributed by atoms with E-state index < -0.39 is 5.92 Å². The monoisotopic (exact) mass is 424 g/mol. The number of piperidine rings is 2. The molecule has 4 rings (SSSR count). The number of nitrogens with zero attached hydrogens (tertiary/aromatic N) is 1. The van der Waals surface area contributed by atoms with Crippen LogP contribution < -0.4 is 5.32 Å². The van der Waals surface area contributed by atoms with Crippen LogP contribution in [0.4, 0.5) is 0 Å². The van der Waals surface area contributed by atoms with Crippen molar-refractivity contribution in [2.45, 2.75) is 57.5 Å². The molecule has 2 aliphatic heterocycles. The van der Waals surface area contributed by atoms with Gasteiger partial charge in [-0.3, -0.25) is 19.7 Å². The van der Waals surface area contributed by atoms with Crippen molar-refractivity contribution in [3.8, 4) is 11.1 Å². The Morgan fingerprint density at radius 1 is 1.03 bits per heavy atom. The zero-order chi connectivity index (χ0) is 21.3. The van der Waals surface area contributed by atoms with E-state index in [1.165, 1.54) is 0 Å². The molecule has 0 spiro atoms. The number of imide groups is 1. The van der Waals surface area contributed by atoms with E-state index in [9.17, 15) is 14.4 Å². The summed E-state index contributed by atoms with van der Waals surface area (Å²) in [5.41, 5.74) is 3.64. The van der Waals surface area contributed by atoms with Gasteiger partial charge >= 0.3 is 0 Å². The number of nitrogens with one attached hydrogen (secondary N) is 1. The highest BCUT2D eigenvalue weighted by Crippen LogP contribution is 2.37. The molecule has 2 fully saturated rings. The molecule has 2 aromatic rings. The maximum Gasteiger partial charge on any atom is 0.234 e. The predicted molar refractivity (Wildman–Crippen MR) is 116 cm³/mol. The molecule has 0 saturated carbocycles. The zero-order valence-corrected chi connectivity index (χ0v) is 17.7. The van der Waals surface area contributed by atoms with Gasteiger partial charge in [0, 0.05) is 31.0 Å². The lowest BCUT2D eigenvalue weighted by Crippen LogP contribution is -2.41. The Bertz CT molecular complexity index is 986. The number of likely N-dealkylation sites (tertiary alicyclic amines) is 1. The number of carbonyl (C=O) groups excluding carboxylic acids is 3. The summed E-state index contributed by atoms with van der Waals surface area (Å²) in [6.45, 7) is 2.72. The molecular weight excluding hydrogens is 400 g/mol. The average molecular weight is 425 g/mol. The molecule has 3 amide bonds. The quantitative estimate of drug-likeness (QED) is 0.738. The molecule has 2 aliphatic rings. The third kappa shape index (κ3) is 4.12. The Morgan fingerprint density at radius 3 is 2.50 bits per heavy atom. The minimum atomic E-state index is -0.416. The highest BCUT2D eigenvalue weighted by Gasteiger charge is 2.30. The van der Waals surface area contributed by atoms with Crippen molar-refractivity contribution < 1.29 is 14.4 Å². The summed E-state index contributed by atoms with van der Waals surface area (Å²) in [6.07, 6.45) is 3.43. The van der Waals surface area contributed by atoms with Gasteiger partial charge in [0.25, 0.3) is 0 Å². The van der Waals surface area contributed by atoms with Gasteiger partial charge in [-0.25, -0.2) is 0 Å². The lowest BCUT2D eigenvalue weighted by atomic mass is 9.88. The van der Waals surface area contributed by atoms with E-state index in [4.69, 9.17) is 11.6 Å². The van der Waals surface area contributed by atoms with Crippen LogP contribution in [0.15, 0.2) is 42.5 Å². The molecular formula is C24H25ClN2O3. The second kappa shape index (κ2) is 8.60. The molecule has 2 unspecified atom stereocenters. The number of rotatable bonds is 4. The molecule has 0 radical (unpaired) electrons. The number of benzene rings is 2. The van der Waals surface area contributed by atoms with Crippen LogP contribution in [0.1, 0.15) is 56.1 Å². The van der Waals surface area contributed by atoms with Gasteiger partial charge in [-0.05, 0) is 42.9 Å². The van der Waals surface area contributed by atoms with E-state index in [2.05, 4.69) is 12.2 Å². The number of carbonyl (C=O) groups is 3. The maximum atomic E-state index is 12.3. The first-order valence-corrected chi connectivity index (χ1v) is 10.8. The Morgan fingerprint density at radius 2 is 1.80 bits per heavy atom. The minimum absolute atomic E-state index is 0.220. The van der Waals surface area contributed by atoms with Crippen molar-refractivity contribution in [2.24, 2.45) is 0 Å². The summed E-state index contributed by atoms with van der Waals surface area (Å²) in [5.74, 6) is -0.722. The minimum Gasteiger partial charge on any atom is -0.336 e. The molecule has 30 heavy (non-hydrogen) atoms. The van der Waals surface area contributed by atoms with Crippen LogP contribution in [0, 0.1) is 0 Å². The third-order valence-electron chi connectivity index (χ3n) is 6.13. The summed E-state index contributed by atoms with van der Waals surface area (Å²) in [5, 5.41) is 2.94. The van der Waals surface area contributed by atoms with Crippen molar-refractivity contribution in [3.63, 3.8) is 0 Å². The highest BCUT2D eigenvalue weighted by atomic mass is 35.5. The Hall–Kier alpha value is -2.66. The lowest BCUT2D eigenvalue weighted by molar-refractivity contribution is -0.137. The van der Waals surface area contributed by atoms with Gasteiger partial charge in [0.1, 0.15) is 0 Å². The maximum absolute atomic E-state index is 12.3. The summed E-state index contributed by atoms with van der Waals surface area (Å²) >= 11 is 6.69. The van der Waals surface area contributed by atoms with Crippen molar-refractivity contribution in [3.05, 3.63) is 58.6 Å². The van der Waals surface area contributed by atoms with Gasteiger partial charge in [-0.1, -0.05) is 54.1 Å². The van der Waals surface area contributed by atoms with E-state index in [1.54, 1.807) is 0 Å². The van der Waals surface area contributed by atoms with E-state index in [1.807, 2.05) is 47.4 Å². The van der Waals surface area contributed by atoms with Crippen LogP contribution in [-0.2, 0) is 20.9 Å². The van der Waals surface area contributed by atoms with Crippen LogP contribution in [0.3, 0.4) is 0 Å². The first-order valence-electron chi connectivity index (χ1n) is 10.4. The largest absolute Gasteiger partial charge is 0.336 e. The van der Waals surface area contributed by atoms with E-state index in [-0.39, 0.29) is 23.8 Å². The van der Waals surface area contributed by atoms with Crippen LogP contribution in [0.5, 0.6) is 0 Å². The topological polar surface area (TPSA) is 66.5 Å². The van der Waals surface area contributed by atoms with Crippen LogP contribution in [0.2, 0.25) is 5.02 Å². The Kier molecular flexibility index (Phi) is 5.91. The van der Waals surface area contributed by atoms with Gasteiger partial charge in [0.05, 0.1) is 10.9 Å². The number of hydrogen-bond donors (Lipinski definition) is 1. The summed E-state index contributed by atoms with van der Waals surface area (Å²) in [4.78, 5) is 37.9. The van der Waals surface area contributed by atoms with Crippen LogP contribution >= 0.6 is 11.6 Å². The van der Waals surface area contributed by atoms with Gasteiger partial charge in [0.2, 0.25) is 17.7 Å². The second-order valence-corrected chi connectivity index (χ2v) is 8.55. The molecule has 2 atom stereocenters. The standard InChI is InChI=1S/C24H25ClN2O3/c1-15-4-2-7-22(29)27(15)14-16-8-10-17(11-9-16)18-5-3-6-19(23(18)25)20-12-13-21(28)26-24(20)30/h3,5-6,8-11,15,20H,2,4,7,12-14H2,1H3,(H,26,28,30). The van der Waals surface area contributed by atoms with E-state index in [0.717, 1.165) is 35.1 Å². The SMILES string of the molecule is CC1CCCC(=O)N1Cc1ccc(-c2cccc(C3CCC(=O)NC3=O)c2Cl)cc1. The highest BCUT2D eigenvalue weighted by molar-refractivity contribution is 6.34. The molecule has 1 N–H and O–H groups in total. The molecule has 2 heterocycles. The average Bonchev–Trinajstić information content (AvgIpc) is 2.72. The zero-order valence-electron chi connectivity index (χ0n) is 17.0. The fraction of sp³-hybridized carbons (Fsp3) is 0.375. The predicted octanol–water partition coefficient (Wildman–Crippen LogP) is 4.43.